The van der Waals surface area contributed by atoms with E-state index in [0.717, 1.165) is 30.2 Å². The van der Waals surface area contributed by atoms with Crippen LogP contribution in [0.3, 0.4) is 0 Å². The third-order valence-electron chi connectivity index (χ3n) is 6.71. The van der Waals surface area contributed by atoms with E-state index in [2.05, 4.69) is 4.98 Å². The minimum atomic E-state index is -0.492. The Bertz CT molecular complexity index is 1610. The number of hydrogen-bond donors (Lipinski definition) is 2. The number of nitrogens with one attached hydrogen (secondary N) is 1. The summed E-state index contributed by atoms with van der Waals surface area (Å²) in [7, 11) is 0. The number of hydrogen-bond acceptors (Lipinski definition) is 4. The third kappa shape index (κ3) is 6.22. The van der Waals surface area contributed by atoms with E-state index in [9.17, 15) is 9.18 Å². The second kappa shape index (κ2) is 12.7. The number of fused-ring (bicyclic) bond motifs is 1. The molecule has 0 amide bonds. The van der Waals surface area contributed by atoms with E-state index in [4.69, 9.17) is 38.0 Å². The monoisotopic (exact) mass is 579 g/mol. The number of carbonyl (C=O) groups is 1. The summed E-state index contributed by atoms with van der Waals surface area (Å²) in [6.07, 6.45) is 4.86. The predicted octanol–water partition coefficient (Wildman–Crippen LogP) is 7.90. The molecule has 2 aromatic heterocycles. The van der Waals surface area contributed by atoms with Crippen LogP contribution in [-0.4, -0.2) is 38.8 Å². The zero-order valence-electron chi connectivity index (χ0n) is 21.7. The van der Waals surface area contributed by atoms with Crippen molar-refractivity contribution in [3.05, 3.63) is 100 Å². The standard InChI is InChI=1S/C31H28Cl2FN3O3/c32-22-9-5-20(6-10-22)18-37-19-35-28(21-7-12-24(34)13-8-21)30(37)27-25-14-11-23(33)17-26(25)36-29(27)31(39)40-16-4-2-1-3-15-38/h5-14,17,19,36,38H,1-4,15-16,18H2. The normalized spacial score (nSPS) is 11.3. The highest BCUT2D eigenvalue weighted by Gasteiger charge is 2.26. The summed E-state index contributed by atoms with van der Waals surface area (Å²) in [6, 6.07) is 19.0. The Hall–Kier alpha value is -3.65. The van der Waals surface area contributed by atoms with Gasteiger partial charge in [0.1, 0.15) is 11.5 Å². The number of ether oxygens (including phenoxy) is 1. The van der Waals surface area contributed by atoms with Gasteiger partial charge in [-0.15, -0.1) is 0 Å². The summed E-state index contributed by atoms with van der Waals surface area (Å²) in [6.45, 7) is 0.871. The Morgan fingerprint density at radius 2 is 1.68 bits per heavy atom. The third-order valence-corrected chi connectivity index (χ3v) is 7.20. The molecule has 206 valence electrons. The Balaban J connectivity index is 1.61. The molecular formula is C31H28Cl2FN3O3. The van der Waals surface area contributed by atoms with Crippen LogP contribution in [0.15, 0.2) is 73.1 Å². The highest BCUT2D eigenvalue weighted by molar-refractivity contribution is 6.31. The lowest BCUT2D eigenvalue weighted by Crippen LogP contribution is -2.10. The topological polar surface area (TPSA) is 80.1 Å². The summed E-state index contributed by atoms with van der Waals surface area (Å²) >= 11 is 12.4. The molecule has 2 heterocycles. The van der Waals surface area contributed by atoms with Gasteiger partial charge < -0.3 is 19.4 Å². The maximum atomic E-state index is 13.8. The first-order chi connectivity index (χ1) is 19.4. The summed E-state index contributed by atoms with van der Waals surface area (Å²) < 4.78 is 21.4. The number of aromatic amines is 1. The van der Waals surface area contributed by atoms with Crippen LogP contribution in [0.4, 0.5) is 4.39 Å². The molecule has 0 bridgehead atoms. The van der Waals surface area contributed by atoms with Crippen molar-refractivity contribution in [1.82, 2.24) is 14.5 Å². The van der Waals surface area contributed by atoms with Crippen LogP contribution in [0.25, 0.3) is 33.4 Å². The van der Waals surface area contributed by atoms with Gasteiger partial charge >= 0.3 is 5.97 Å². The van der Waals surface area contributed by atoms with Gasteiger partial charge in [-0.1, -0.05) is 47.8 Å². The summed E-state index contributed by atoms with van der Waals surface area (Å²) in [4.78, 5) is 21.4. The molecule has 5 rings (SSSR count). The van der Waals surface area contributed by atoms with Gasteiger partial charge in [0.2, 0.25) is 0 Å². The second-order valence-corrected chi connectivity index (χ2v) is 10.4. The average Bonchev–Trinajstić information content (AvgIpc) is 3.52. The molecule has 0 aliphatic rings. The molecule has 0 fully saturated rings. The highest BCUT2D eigenvalue weighted by atomic mass is 35.5. The first-order valence-corrected chi connectivity index (χ1v) is 13.9. The summed E-state index contributed by atoms with van der Waals surface area (Å²) in [5, 5.41) is 10.9. The summed E-state index contributed by atoms with van der Waals surface area (Å²) in [5.41, 5.74) is 4.58. The molecule has 9 heteroatoms. The number of aliphatic hydroxyl groups excluding tert-OH is 1. The van der Waals surface area contributed by atoms with E-state index in [1.165, 1.54) is 12.1 Å². The minimum absolute atomic E-state index is 0.154. The Labute approximate surface area is 241 Å². The fourth-order valence-corrected chi connectivity index (χ4v) is 5.04. The van der Waals surface area contributed by atoms with Crippen LogP contribution in [-0.2, 0) is 11.3 Å². The number of aromatic nitrogens is 3. The number of aliphatic hydroxyl groups is 1. The molecule has 0 aliphatic heterocycles. The number of halogens is 3. The van der Waals surface area contributed by atoms with E-state index in [0.29, 0.717) is 51.0 Å². The van der Waals surface area contributed by atoms with Crippen molar-refractivity contribution < 1.29 is 19.0 Å². The van der Waals surface area contributed by atoms with Gasteiger partial charge in [-0.3, -0.25) is 0 Å². The first kappa shape index (κ1) is 27.9. The quantitative estimate of drug-likeness (QED) is 0.123. The largest absolute Gasteiger partial charge is 0.461 e. The number of rotatable bonds is 11. The molecule has 3 aromatic carbocycles. The van der Waals surface area contributed by atoms with Crippen molar-refractivity contribution in [2.75, 3.05) is 13.2 Å². The van der Waals surface area contributed by atoms with Gasteiger partial charge in [-0.2, -0.15) is 0 Å². The molecule has 0 radical (unpaired) electrons. The predicted molar refractivity (Wildman–Crippen MR) is 156 cm³/mol. The van der Waals surface area contributed by atoms with Gasteiger partial charge in [0.15, 0.2) is 0 Å². The number of carbonyl (C=O) groups excluding carboxylic acids is 1. The Morgan fingerprint density at radius 1 is 0.950 bits per heavy atom. The van der Waals surface area contributed by atoms with Crippen LogP contribution in [0.2, 0.25) is 10.0 Å². The highest BCUT2D eigenvalue weighted by Crippen LogP contribution is 2.40. The van der Waals surface area contributed by atoms with Gasteiger partial charge in [0, 0.05) is 45.2 Å². The molecule has 0 saturated carbocycles. The SMILES string of the molecule is O=C(OCCCCCCO)c1[nH]c2cc(Cl)ccc2c1-c1c(-c2ccc(F)cc2)ncn1Cc1ccc(Cl)cc1. The molecule has 0 saturated heterocycles. The van der Waals surface area contributed by atoms with Gasteiger partial charge in [-0.05, 0) is 73.4 Å². The van der Waals surface area contributed by atoms with Gasteiger partial charge in [0.25, 0.3) is 0 Å². The molecule has 0 unspecified atom stereocenters. The first-order valence-electron chi connectivity index (χ1n) is 13.1. The van der Waals surface area contributed by atoms with E-state index < -0.39 is 5.97 Å². The number of benzene rings is 3. The van der Waals surface area contributed by atoms with Crippen molar-refractivity contribution in [1.29, 1.82) is 0 Å². The molecule has 2 N–H and O–H groups in total. The van der Waals surface area contributed by atoms with Crippen molar-refractivity contribution in [3.63, 3.8) is 0 Å². The molecule has 6 nitrogen and oxygen atoms in total. The lowest BCUT2D eigenvalue weighted by molar-refractivity contribution is 0.0492. The zero-order chi connectivity index (χ0) is 28.1. The van der Waals surface area contributed by atoms with Crippen molar-refractivity contribution in [3.8, 4) is 22.5 Å². The maximum absolute atomic E-state index is 13.8. The fourth-order valence-electron chi connectivity index (χ4n) is 4.74. The Kier molecular flexibility index (Phi) is 8.85. The van der Waals surface area contributed by atoms with Crippen LogP contribution < -0.4 is 0 Å². The van der Waals surface area contributed by atoms with Crippen molar-refractivity contribution in [2.45, 2.75) is 32.2 Å². The van der Waals surface area contributed by atoms with E-state index >= 15 is 0 Å². The van der Waals surface area contributed by atoms with E-state index in [1.807, 2.05) is 34.9 Å². The lowest BCUT2D eigenvalue weighted by atomic mass is 10.0. The number of imidazole rings is 1. The number of H-pyrrole nitrogens is 1. The van der Waals surface area contributed by atoms with Gasteiger partial charge in [0.05, 0.1) is 24.3 Å². The smallest absolute Gasteiger partial charge is 0.355 e. The van der Waals surface area contributed by atoms with Crippen LogP contribution in [0, 0.1) is 5.82 Å². The minimum Gasteiger partial charge on any atom is -0.461 e. The number of unbranched alkanes of at least 4 members (excludes halogenated alkanes) is 3. The van der Waals surface area contributed by atoms with Crippen molar-refractivity contribution in [2.24, 2.45) is 0 Å². The molecule has 0 spiro atoms. The van der Waals surface area contributed by atoms with E-state index in [-0.39, 0.29) is 24.7 Å². The molecule has 5 aromatic rings. The molecule has 40 heavy (non-hydrogen) atoms. The number of esters is 1. The second-order valence-electron chi connectivity index (χ2n) is 9.54. The van der Waals surface area contributed by atoms with Gasteiger partial charge in [-0.25, -0.2) is 14.2 Å². The Morgan fingerprint density at radius 3 is 2.42 bits per heavy atom. The zero-order valence-corrected chi connectivity index (χ0v) is 23.2. The molecule has 0 aliphatic carbocycles. The van der Waals surface area contributed by atoms with Crippen LogP contribution in [0.5, 0.6) is 0 Å². The number of nitrogens with zero attached hydrogens (tertiary/aromatic N) is 2. The maximum Gasteiger partial charge on any atom is 0.355 e. The van der Waals surface area contributed by atoms with Crippen molar-refractivity contribution >= 4 is 40.1 Å². The summed E-state index contributed by atoms with van der Waals surface area (Å²) in [5.74, 6) is -0.843. The fraction of sp³-hybridized carbons (Fsp3) is 0.226. The molecule has 0 atom stereocenters. The average molecular weight is 580 g/mol. The van der Waals surface area contributed by atoms with E-state index in [1.54, 1.807) is 30.6 Å². The molecular weight excluding hydrogens is 552 g/mol. The van der Waals surface area contributed by atoms with Crippen LogP contribution in [0.1, 0.15) is 41.7 Å². The van der Waals surface area contributed by atoms with Crippen LogP contribution >= 0.6 is 23.2 Å². The lowest BCUT2D eigenvalue weighted by Gasteiger charge is -2.13.